The van der Waals surface area contributed by atoms with Crippen molar-refractivity contribution in [2.45, 2.75) is 20.0 Å². The summed E-state index contributed by atoms with van der Waals surface area (Å²) in [6.45, 7) is 3.04. The predicted molar refractivity (Wildman–Crippen MR) is 83.6 cm³/mol. The Morgan fingerprint density at radius 3 is 2.38 bits per heavy atom. The Balaban J connectivity index is 2.34. The number of aromatic nitrogens is 1. The molecule has 0 saturated carbocycles. The SMILES string of the molecule is CC(=O)c1oc2nc(-c3ccc(C)cc3)cc(C(F)(F)F)c2c1N. The van der Waals surface area contributed by atoms with Crippen molar-refractivity contribution in [3.05, 3.63) is 47.2 Å². The lowest BCUT2D eigenvalue weighted by molar-refractivity contribution is -0.136. The first-order chi connectivity index (χ1) is 11.2. The number of Topliss-reactive ketones (excluding diaryl/α,β-unsaturated/α-hetero) is 1. The van der Waals surface area contributed by atoms with Gasteiger partial charge in [0, 0.05) is 12.5 Å². The van der Waals surface area contributed by atoms with E-state index in [2.05, 4.69) is 4.98 Å². The third-order valence-electron chi connectivity index (χ3n) is 3.67. The van der Waals surface area contributed by atoms with E-state index >= 15 is 0 Å². The third-order valence-corrected chi connectivity index (χ3v) is 3.67. The number of rotatable bonds is 2. The lowest BCUT2D eigenvalue weighted by Crippen LogP contribution is -2.07. The molecule has 0 spiro atoms. The number of anilines is 1. The molecular formula is C17H13F3N2O2. The first-order valence-electron chi connectivity index (χ1n) is 7.06. The van der Waals surface area contributed by atoms with Gasteiger partial charge in [-0.25, -0.2) is 4.98 Å². The van der Waals surface area contributed by atoms with Gasteiger partial charge >= 0.3 is 6.18 Å². The minimum absolute atomic E-state index is 0.0960. The fourth-order valence-electron chi connectivity index (χ4n) is 2.48. The maximum atomic E-state index is 13.5. The largest absolute Gasteiger partial charge is 0.432 e. The summed E-state index contributed by atoms with van der Waals surface area (Å²) in [6.07, 6.45) is -4.66. The molecule has 0 aliphatic carbocycles. The standard InChI is InChI=1S/C17H13F3N2O2/c1-8-3-5-10(6-4-8)12-7-11(17(18,19)20)13-14(21)15(9(2)23)24-16(13)22-12/h3-7H,21H2,1-2H3. The summed E-state index contributed by atoms with van der Waals surface area (Å²) in [7, 11) is 0. The maximum absolute atomic E-state index is 13.5. The highest BCUT2D eigenvalue weighted by Crippen LogP contribution is 2.41. The van der Waals surface area contributed by atoms with Crippen LogP contribution in [-0.4, -0.2) is 10.8 Å². The molecule has 3 rings (SSSR count). The minimum atomic E-state index is -4.66. The normalized spacial score (nSPS) is 11.9. The van der Waals surface area contributed by atoms with Gasteiger partial charge in [-0.05, 0) is 13.0 Å². The zero-order valence-electron chi connectivity index (χ0n) is 12.9. The third kappa shape index (κ3) is 2.62. The number of hydrogen-bond donors (Lipinski definition) is 1. The number of nitrogens with zero attached hydrogens (tertiary/aromatic N) is 1. The van der Waals surface area contributed by atoms with Crippen LogP contribution in [-0.2, 0) is 6.18 Å². The number of nitrogens with two attached hydrogens (primary N) is 1. The number of halogens is 3. The highest BCUT2D eigenvalue weighted by molar-refractivity contribution is 6.06. The Kier molecular flexibility index (Phi) is 3.59. The molecule has 7 heteroatoms. The maximum Gasteiger partial charge on any atom is 0.417 e. The summed E-state index contributed by atoms with van der Waals surface area (Å²) in [6, 6.07) is 7.80. The number of hydrogen-bond acceptors (Lipinski definition) is 4. The number of ketones is 1. The van der Waals surface area contributed by atoms with Crippen molar-refractivity contribution in [1.29, 1.82) is 0 Å². The van der Waals surface area contributed by atoms with Gasteiger partial charge in [0.1, 0.15) is 0 Å². The van der Waals surface area contributed by atoms with Crippen molar-refractivity contribution >= 4 is 22.6 Å². The summed E-state index contributed by atoms with van der Waals surface area (Å²) in [5, 5.41) is -0.386. The van der Waals surface area contributed by atoms with Crippen molar-refractivity contribution in [1.82, 2.24) is 4.98 Å². The van der Waals surface area contributed by atoms with Crippen LogP contribution in [0.15, 0.2) is 34.7 Å². The second-order valence-electron chi connectivity index (χ2n) is 5.50. The number of carbonyl (C=O) groups excluding carboxylic acids is 1. The molecule has 0 amide bonds. The molecular weight excluding hydrogens is 321 g/mol. The molecule has 4 nitrogen and oxygen atoms in total. The lowest BCUT2D eigenvalue weighted by atomic mass is 10.0. The molecule has 0 bridgehead atoms. The first-order valence-corrected chi connectivity index (χ1v) is 7.06. The average molecular weight is 334 g/mol. The van der Waals surface area contributed by atoms with E-state index in [0.29, 0.717) is 5.56 Å². The van der Waals surface area contributed by atoms with Gasteiger partial charge in [0.05, 0.1) is 22.3 Å². The molecule has 2 aromatic heterocycles. The van der Waals surface area contributed by atoms with E-state index in [0.717, 1.165) is 11.6 Å². The molecule has 24 heavy (non-hydrogen) atoms. The Morgan fingerprint density at radius 1 is 1.21 bits per heavy atom. The van der Waals surface area contributed by atoms with E-state index in [1.165, 1.54) is 6.92 Å². The van der Waals surface area contributed by atoms with Gasteiger partial charge in [0.2, 0.25) is 5.71 Å². The predicted octanol–water partition coefficient (Wildman–Crippen LogP) is 4.61. The molecule has 2 N–H and O–H groups in total. The summed E-state index contributed by atoms with van der Waals surface area (Å²) in [5.74, 6) is -0.875. The second-order valence-corrected chi connectivity index (χ2v) is 5.50. The molecule has 0 radical (unpaired) electrons. The number of fused-ring (bicyclic) bond motifs is 1. The Labute approximate surface area is 135 Å². The highest BCUT2D eigenvalue weighted by atomic mass is 19.4. The van der Waals surface area contributed by atoms with Crippen molar-refractivity contribution < 1.29 is 22.4 Å². The van der Waals surface area contributed by atoms with Crippen molar-refractivity contribution in [2.75, 3.05) is 5.73 Å². The number of benzene rings is 1. The molecule has 1 aromatic carbocycles. The van der Waals surface area contributed by atoms with Gasteiger partial charge in [-0.3, -0.25) is 4.79 Å². The van der Waals surface area contributed by atoms with E-state index in [1.807, 2.05) is 6.92 Å². The molecule has 0 aliphatic rings. The molecule has 2 heterocycles. The molecule has 0 atom stereocenters. The van der Waals surface area contributed by atoms with E-state index in [4.69, 9.17) is 10.2 Å². The Bertz CT molecular complexity index is 941. The smallest absolute Gasteiger partial charge is 0.417 e. The summed E-state index contributed by atoms with van der Waals surface area (Å²) in [4.78, 5) is 15.6. The molecule has 0 aliphatic heterocycles. The number of aryl methyl sites for hydroxylation is 1. The first kappa shape index (κ1) is 16.0. The number of pyridine rings is 1. The zero-order chi connectivity index (χ0) is 17.6. The summed E-state index contributed by atoms with van der Waals surface area (Å²) in [5.41, 5.74) is 5.65. The molecule has 0 saturated heterocycles. The van der Waals surface area contributed by atoms with Crippen LogP contribution in [0.2, 0.25) is 0 Å². The van der Waals surface area contributed by atoms with Crippen molar-refractivity contribution in [3.8, 4) is 11.3 Å². The average Bonchev–Trinajstić information content (AvgIpc) is 2.83. The van der Waals surface area contributed by atoms with Gasteiger partial charge in [0.25, 0.3) is 0 Å². The quantitative estimate of drug-likeness (QED) is 0.695. The molecule has 124 valence electrons. The van der Waals surface area contributed by atoms with Gasteiger partial charge in [-0.2, -0.15) is 13.2 Å². The van der Waals surface area contributed by atoms with Crippen molar-refractivity contribution in [3.63, 3.8) is 0 Å². The van der Waals surface area contributed by atoms with Crippen LogP contribution < -0.4 is 5.73 Å². The lowest BCUT2D eigenvalue weighted by Gasteiger charge is -2.10. The van der Waals surface area contributed by atoms with Crippen LogP contribution in [0.3, 0.4) is 0 Å². The van der Waals surface area contributed by atoms with Crippen LogP contribution in [0.1, 0.15) is 28.6 Å². The van der Waals surface area contributed by atoms with E-state index < -0.39 is 17.5 Å². The fourth-order valence-corrected chi connectivity index (χ4v) is 2.48. The van der Waals surface area contributed by atoms with Crippen LogP contribution >= 0.6 is 0 Å². The number of carbonyl (C=O) groups is 1. The number of furan rings is 1. The number of nitrogen functional groups attached to an aromatic ring is 1. The van der Waals surface area contributed by atoms with Gasteiger partial charge < -0.3 is 10.2 Å². The number of alkyl halides is 3. The van der Waals surface area contributed by atoms with Crippen LogP contribution in [0.4, 0.5) is 18.9 Å². The van der Waals surface area contributed by atoms with Crippen LogP contribution in [0.25, 0.3) is 22.4 Å². The minimum Gasteiger partial charge on any atom is -0.432 e. The van der Waals surface area contributed by atoms with Gasteiger partial charge in [-0.1, -0.05) is 29.8 Å². The van der Waals surface area contributed by atoms with E-state index in [-0.39, 0.29) is 28.2 Å². The van der Waals surface area contributed by atoms with Gasteiger partial charge in [0.15, 0.2) is 11.5 Å². The summed E-state index contributed by atoms with van der Waals surface area (Å²) < 4.78 is 45.6. The molecule has 0 fully saturated rings. The Hall–Kier alpha value is -2.83. The van der Waals surface area contributed by atoms with E-state index in [9.17, 15) is 18.0 Å². The monoisotopic (exact) mass is 334 g/mol. The van der Waals surface area contributed by atoms with Crippen LogP contribution in [0.5, 0.6) is 0 Å². The van der Waals surface area contributed by atoms with E-state index in [1.54, 1.807) is 24.3 Å². The fraction of sp³-hybridized carbons (Fsp3) is 0.176. The van der Waals surface area contributed by atoms with Gasteiger partial charge in [-0.15, -0.1) is 0 Å². The second kappa shape index (κ2) is 5.36. The van der Waals surface area contributed by atoms with Crippen molar-refractivity contribution in [2.24, 2.45) is 0 Å². The highest BCUT2D eigenvalue weighted by Gasteiger charge is 2.36. The Morgan fingerprint density at radius 2 is 1.83 bits per heavy atom. The zero-order valence-corrected chi connectivity index (χ0v) is 12.9. The molecule has 0 unspecified atom stereocenters. The summed E-state index contributed by atoms with van der Waals surface area (Å²) >= 11 is 0. The molecule has 3 aromatic rings. The topological polar surface area (TPSA) is 69.1 Å². The van der Waals surface area contributed by atoms with Crippen LogP contribution in [0, 0.1) is 6.92 Å².